The van der Waals surface area contributed by atoms with Gasteiger partial charge < -0.3 is 14.6 Å². The fraction of sp³-hybridized carbons (Fsp3) is 0.609. The van der Waals surface area contributed by atoms with Crippen molar-refractivity contribution in [1.29, 1.82) is 0 Å². The zero-order valence-electron chi connectivity index (χ0n) is 16.2. The van der Waals surface area contributed by atoms with Crippen molar-refractivity contribution in [1.82, 2.24) is 0 Å². The van der Waals surface area contributed by atoms with E-state index < -0.39 is 5.97 Å². The molecule has 1 N–H and O–H groups in total. The van der Waals surface area contributed by atoms with Crippen LogP contribution in [0.5, 0.6) is 11.5 Å². The summed E-state index contributed by atoms with van der Waals surface area (Å²) in [5.41, 5.74) is 0.773. The molecule has 3 rings (SSSR count). The van der Waals surface area contributed by atoms with Crippen LogP contribution in [-0.4, -0.2) is 24.3 Å². The van der Waals surface area contributed by atoms with Gasteiger partial charge in [-0.3, -0.25) is 0 Å². The fourth-order valence-electron chi connectivity index (χ4n) is 4.17. The molecule has 1 aromatic carbocycles. The van der Waals surface area contributed by atoms with E-state index in [0.29, 0.717) is 18.4 Å². The average Bonchev–Trinajstić information content (AvgIpc) is 2.71. The molecule has 2 aliphatic rings. The van der Waals surface area contributed by atoms with Crippen LogP contribution in [0, 0.1) is 11.8 Å². The van der Waals surface area contributed by atoms with Gasteiger partial charge >= 0.3 is 5.97 Å². The molecule has 4 heteroatoms. The van der Waals surface area contributed by atoms with Gasteiger partial charge in [-0.1, -0.05) is 38.5 Å². The second-order valence-electron chi connectivity index (χ2n) is 8.00. The van der Waals surface area contributed by atoms with E-state index in [0.717, 1.165) is 29.7 Å². The first-order chi connectivity index (χ1) is 13.2. The van der Waals surface area contributed by atoms with Crippen LogP contribution in [0.25, 0.3) is 6.08 Å². The van der Waals surface area contributed by atoms with Crippen molar-refractivity contribution in [3.63, 3.8) is 0 Å². The van der Waals surface area contributed by atoms with E-state index in [9.17, 15) is 4.79 Å². The summed E-state index contributed by atoms with van der Waals surface area (Å²) in [5.74, 6) is 1.82. The summed E-state index contributed by atoms with van der Waals surface area (Å²) in [6.45, 7) is 1.44. The Morgan fingerprint density at radius 1 is 0.926 bits per heavy atom. The third-order valence-electron chi connectivity index (χ3n) is 5.80. The van der Waals surface area contributed by atoms with E-state index >= 15 is 0 Å². The van der Waals surface area contributed by atoms with Crippen molar-refractivity contribution in [3.8, 4) is 11.5 Å². The maximum absolute atomic E-state index is 10.9. The summed E-state index contributed by atoms with van der Waals surface area (Å²) in [5, 5.41) is 8.98. The van der Waals surface area contributed by atoms with Crippen LogP contribution in [0.3, 0.4) is 0 Å². The largest absolute Gasteiger partial charge is 0.493 e. The SMILES string of the molecule is O=C(O)C=Cc1cc(OCC2CCCCC2)ccc1OCC1CCCCC1. The smallest absolute Gasteiger partial charge is 0.328 e. The van der Waals surface area contributed by atoms with Gasteiger partial charge in [0.2, 0.25) is 0 Å². The Balaban J connectivity index is 1.63. The van der Waals surface area contributed by atoms with Crippen LogP contribution >= 0.6 is 0 Å². The lowest BCUT2D eigenvalue weighted by Gasteiger charge is -2.23. The monoisotopic (exact) mass is 372 g/mol. The molecule has 1 aromatic rings. The molecule has 0 unspecified atom stereocenters. The molecular weight excluding hydrogens is 340 g/mol. The van der Waals surface area contributed by atoms with Crippen molar-refractivity contribution in [2.24, 2.45) is 11.8 Å². The first kappa shape index (κ1) is 19.8. The predicted molar refractivity (Wildman–Crippen MR) is 107 cm³/mol. The first-order valence-electron chi connectivity index (χ1n) is 10.5. The summed E-state index contributed by atoms with van der Waals surface area (Å²) in [6, 6.07) is 5.76. The van der Waals surface area contributed by atoms with Gasteiger partial charge in [0, 0.05) is 11.6 Å². The molecule has 0 spiro atoms. The highest BCUT2D eigenvalue weighted by Gasteiger charge is 2.16. The summed E-state index contributed by atoms with van der Waals surface area (Å²) < 4.78 is 12.1. The Bertz CT molecular complexity index is 625. The average molecular weight is 373 g/mol. The van der Waals surface area contributed by atoms with Gasteiger partial charge in [-0.15, -0.1) is 0 Å². The molecule has 27 heavy (non-hydrogen) atoms. The van der Waals surface area contributed by atoms with Crippen molar-refractivity contribution < 1.29 is 19.4 Å². The summed E-state index contributed by atoms with van der Waals surface area (Å²) in [7, 11) is 0. The quantitative estimate of drug-likeness (QED) is 0.595. The van der Waals surface area contributed by atoms with Gasteiger partial charge in [0.05, 0.1) is 13.2 Å². The summed E-state index contributed by atoms with van der Waals surface area (Å²) in [4.78, 5) is 10.9. The highest BCUT2D eigenvalue weighted by atomic mass is 16.5. The van der Waals surface area contributed by atoms with Gasteiger partial charge in [0.25, 0.3) is 0 Å². The van der Waals surface area contributed by atoms with E-state index in [1.165, 1.54) is 64.2 Å². The van der Waals surface area contributed by atoms with Gasteiger partial charge in [0.15, 0.2) is 0 Å². The molecule has 0 radical (unpaired) electrons. The zero-order chi connectivity index (χ0) is 18.9. The lowest BCUT2D eigenvalue weighted by atomic mass is 9.90. The lowest BCUT2D eigenvalue weighted by molar-refractivity contribution is -0.131. The summed E-state index contributed by atoms with van der Waals surface area (Å²) >= 11 is 0. The van der Waals surface area contributed by atoms with Crippen LogP contribution in [0.1, 0.15) is 69.8 Å². The van der Waals surface area contributed by atoms with Crippen LogP contribution < -0.4 is 9.47 Å². The maximum atomic E-state index is 10.9. The molecule has 0 bridgehead atoms. The molecule has 0 amide bonds. The minimum atomic E-state index is -0.957. The molecule has 0 aliphatic heterocycles. The molecule has 0 saturated heterocycles. The number of carbonyl (C=O) groups is 1. The molecule has 148 valence electrons. The standard InChI is InChI=1S/C23H32O4/c24-23(25)14-11-20-15-21(26-16-18-7-3-1-4-8-18)12-13-22(20)27-17-19-9-5-2-6-10-19/h11-15,18-19H,1-10,16-17H2,(H,24,25). The highest BCUT2D eigenvalue weighted by Crippen LogP contribution is 2.30. The fourth-order valence-corrected chi connectivity index (χ4v) is 4.17. The second-order valence-corrected chi connectivity index (χ2v) is 8.00. The topological polar surface area (TPSA) is 55.8 Å². The molecule has 2 aliphatic carbocycles. The Hall–Kier alpha value is -1.97. The molecule has 0 aromatic heterocycles. The highest BCUT2D eigenvalue weighted by molar-refractivity contribution is 5.86. The first-order valence-corrected chi connectivity index (χ1v) is 10.5. The summed E-state index contributed by atoms with van der Waals surface area (Å²) in [6.07, 6.45) is 15.5. The second kappa shape index (κ2) is 10.4. The van der Waals surface area contributed by atoms with Crippen molar-refractivity contribution in [3.05, 3.63) is 29.8 Å². The number of hydrogen-bond acceptors (Lipinski definition) is 3. The van der Waals surface area contributed by atoms with Crippen LogP contribution in [0.2, 0.25) is 0 Å². The van der Waals surface area contributed by atoms with Gasteiger partial charge in [-0.05, 0) is 61.8 Å². The van der Waals surface area contributed by atoms with E-state index in [1.807, 2.05) is 18.2 Å². The number of rotatable bonds is 8. The number of hydrogen-bond donors (Lipinski definition) is 1. The Morgan fingerprint density at radius 3 is 2.11 bits per heavy atom. The predicted octanol–water partition coefficient (Wildman–Crippen LogP) is 5.70. The molecule has 4 nitrogen and oxygen atoms in total. The third kappa shape index (κ3) is 6.60. The molecule has 0 heterocycles. The number of carboxylic acid groups (broad SMARTS) is 1. The minimum absolute atomic E-state index is 0.609. The van der Waals surface area contributed by atoms with Crippen molar-refractivity contribution in [2.75, 3.05) is 13.2 Å². The number of ether oxygens (including phenoxy) is 2. The van der Waals surface area contributed by atoms with E-state index in [1.54, 1.807) is 6.08 Å². The molecule has 0 atom stereocenters. The number of benzene rings is 1. The van der Waals surface area contributed by atoms with Crippen LogP contribution in [-0.2, 0) is 4.79 Å². The molecule has 2 saturated carbocycles. The van der Waals surface area contributed by atoms with Crippen molar-refractivity contribution in [2.45, 2.75) is 64.2 Å². The number of aliphatic carboxylic acids is 1. The van der Waals surface area contributed by atoms with Crippen LogP contribution in [0.15, 0.2) is 24.3 Å². The van der Waals surface area contributed by atoms with E-state index in [-0.39, 0.29) is 0 Å². The number of carboxylic acids is 1. The Labute approximate surface area is 162 Å². The van der Waals surface area contributed by atoms with Crippen molar-refractivity contribution >= 4 is 12.0 Å². The Kier molecular flexibility index (Phi) is 7.61. The lowest BCUT2D eigenvalue weighted by Crippen LogP contribution is -2.16. The van der Waals surface area contributed by atoms with E-state index in [2.05, 4.69) is 0 Å². The minimum Gasteiger partial charge on any atom is -0.493 e. The van der Waals surface area contributed by atoms with Gasteiger partial charge in [-0.2, -0.15) is 0 Å². The van der Waals surface area contributed by atoms with Gasteiger partial charge in [0.1, 0.15) is 11.5 Å². The Morgan fingerprint density at radius 2 is 1.52 bits per heavy atom. The third-order valence-corrected chi connectivity index (χ3v) is 5.80. The molecular formula is C23H32O4. The van der Waals surface area contributed by atoms with E-state index in [4.69, 9.17) is 14.6 Å². The van der Waals surface area contributed by atoms with Crippen LogP contribution in [0.4, 0.5) is 0 Å². The zero-order valence-corrected chi connectivity index (χ0v) is 16.2. The van der Waals surface area contributed by atoms with Gasteiger partial charge in [-0.25, -0.2) is 4.79 Å². The molecule has 2 fully saturated rings. The maximum Gasteiger partial charge on any atom is 0.328 e. The normalized spacial score (nSPS) is 19.3.